The largest absolute Gasteiger partial charge is 0.478 e. The van der Waals surface area contributed by atoms with Crippen molar-refractivity contribution in [1.29, 1.82) is 0 Å². The normalized spacial score (nSPS) is 10.6. The van der Waals surface area contributed by atoms with Crippen molar-refractivity contribution in [3.05, 3.63) is 69.2 Å². The first-order chi connectivity index (χ1) is 10.5. The third-order valence-electron chi connectivity index (χ3n) is 2.67. The van der Waals surface area contributed by atoms with Gasteiger partial charge in [-0.3, -0.25) is 0 Å². The molecule has 0 fully saturated rings. The molecule has 22 heavy (non-hydrogen) atoms. The van der Waals surface area contributed by atoms with Gasteiger partial charge in [-0.25, -0.2) is 9.59 Å². The van der Waals surface area contributed by atoms with Crippen molar-refractivity contribution in [1.82, 2.24) is 0 Å². The van der Waals surface area contributed by atoms with Gasteiger partial charge in [0.25, 0.3) is 0 Å². The van der Waals surface area contributed by atoms with Crippen molar-refractivity contribution < 1.29 is 19.4 Å². The molecule has 0 aliphatic carbocycles. The number of halogens is 2. The third-order valence-corrected chi connectivity index (χ3v) is 3.54. The van der Waals surface area contributed by atoms with Gasteiger partial charge in [-0.1, -0.05) is 23.7 Å². The molecular formula is C16H10BrClO4. The first-order valence-corrected chi connectivity index (χ1v) is 7.31. The quantitative estimate of drug-likeness (QED) is 0.484. The van der Waals surface area contributed by atoms with Gasteiger partial charge in [-0.2, -0.15) is 0 Å². The minimum atomic E-state index is -1.05. The van der Waals surface area contributed by atoms with Crippen LogP contribution in [-0.4, -0.2) is 17.0 Å². The van der Waals surface area contributed by atoms with Crippen molar-refractivity contribution >= 4 is 45.5 Å². The molecule has 0 amide bonds. The summed E-state index contributed by atoms with van der Waals surface area (Å²) in [5.74, 6) is -1.38. The van der Waals surface area contributed by atoms with Crippen molar-refractivity contribution in [2.45, 2.75) is 0 Å². The molecule has 0 aromatic heterocycles. The van der Waals surface area contributed by atoms with E-state index in [-0.39, 0.29) is 11.3 Å². The number of benzene rings is 2. The second-order valence-electron chi connectivity index (χ2n) is 4.26. The van der Waals surface area contributed by atoms with E-state index in [1.165, 1.54) is 24.3 Å². The van der Waals surface area contributed by atoms with E-state index >= 15 is 0 Å². The molecule has 0 saturated carbocycles. The molecule has 0 heterocycles. The highest BCUT2D eigenvalue weighted by Gasteiger charge is 2.09. The first kappa shape index (κ1) is 16.3. The molecule has 2 rings (SSSR count). The van der Waals surface area contributed by atoms with E-state index in [1.54, 1.807) is 30.3 Å². The number of esters is 1. The second-order valence-corrected chi connectivity index (χ2v) is 5.55. The Balaban J connectivity index is 2.05. The van der Waals surface area contributed by atoms with Crippen LogP contribution in [0.2, 0.25) is 5.02 Å². The van der Waals surface area contributed by atoms with E-state index in [9.17, 15) is 9.59 Å². The van der Waals surface area contributed by atoms with Gasteiger partial charge in [0.2, 0.25) is 0 Å². The smallest absolute Gasteiger partial charge is 0.336 e. The van der Waals surface area contributed by atoms with Crippen LogP contribution in [0, 0.1) is 0 Å². The summed E-state index contributed by atoms with van der Waals surface area (Å²) in [6, 6.07) is 11.1. The SMILES string of the molecule is O=C(/C=C/c1ccc(Cl)cc1)Oc1ccc(C(=O)O)cc1Br. The molecule has 0 atom stereocenters. The maximum Gasteiger partial charge on any atom is 0.336 e. The van der Waals surface area contributed by atoms with Crippen LogP contribution in [0.1, 0.15) is 15.9 Å². The van der Waals surface area contributed by atoms with Gasteiger partial charge >= 0.3 is 11.9 Å². The van der Waals surface area contributed by atoms with Gasteiger partial charge in [-0.05, 0) is 57.9 Å². The van der Waals surface area contributed by atoms with Crippen molar-refractivity contribution in [3.8, 4) is 5.75 Å². The standard InChI is InChI=1S/C16H10BrClO4/c17-13-9-11(16(20)21)4-7-14(13)22-15(19)8-3-10-1-5-12(18)6-2-10/h1-9H,(H,20,21)/b8-3+. The molecule has 2 aromatic rings. The minimum absolute atomic E-state index is 0.100. The minimum Gasteiger partial charge on any atom is -0.478 e. The van der Waals surface area contributed by atoms with Gasteiger partial charge < -0.3 is 9.84 Å². The lowest BCUT2D eigenvalue weighted by Gasteiger charge is -2.05. The molecule has 0 radical (unpaired) electrons. The predicted octanol–water partition coefficient (Wildman–Crippen LogP) is 4.42. The van der Waals surface area contributed by atoms with Crippen LogP contribution in [0.3, 0.4) is 0 Å². The summed E-state index contributed by atoms with van der Waals surface area (Å²) in [7, 11) is 0. The Labute approximate surface area is 140 Å². The highest BCUT2D eigenvalue weighted by molar-refractivity contribution is 9.10. The molecule has 1 N–H and O–H groups in total. The number of hydrogen-bond donors (Lipinski definition) is 1. The van der Waals surface area contributed by atoms with Crippen LogP contribution >= 0.6 is 27.5 Å². The number of hydrogen-bond acceptors (Lipinski definition) is 3. The Hall–Kier alpha value is -2.11. The fraction of sp³-hybridized carbons (Fsp3) is 0. The molecule has 2 aromatic carbocycles. The molecule has 0 bridgehead atoms. The molecule has 6 heteroatoms. The van der Waals surface area contributed by atoms with Gasteiger partial charge in [0.05, 0.1) is 10.0 Å². The van der Waals surface area contributed by atoms with E-state index < -0.39 is 11.9 Å². The van der Waals surface area contributed by atoms with Gasteiger partial charge in [0, 0.05) is 11.1 Å². The highest BCUT2D eigenvalue weighted by Crippen LogP contribution is 2.26. The van der Waals surface area contributed by atoms with E-state index in [1.807, 2.05) is 0 Å². The Bertz CT molecular complexity index is 738. The Morgan fingerprint density at radius 3 is 2.41 bits per heavy atom. The molecule has 0 unspecified atom stereocenters. The lowest BCUT2D eigenvalue weighted by Crippen LogP contribution is -2.05. The Morgan fingerprint density at radius 2 is 1.82 bits per heavy atom. The van der Waals surface area contributed by atoms with E-state index in [2.05, 4.69) is 15.9 Å². The summed E-state index contributed by atoms with van der Waals surface area (Å²) >= 11 is 8.94. The molecular weight excluding hydrogens is 372 g/mol. The van der Waals surface area contributed by atoms with Gasteiger partial charge in [0.1, 0.15) is 5.75 Å². The maximum absolute atomic E-state index is 11.8. The molecule has 0 aliphatic heterocycles. The Morgan fingerprint density at radius 1 is 1.14 bits per heavy atom. The number of ether oxygens (including phenoxy) is 1. The Kier molecular flexibility index (Phi) is 5.35. The summed E-state index contributed by atoms with van der Waals surface area (Å²) in [4.78, 5) is 22.6. The summed E-state index contributed by atoms with van der Waals surface area (Å²) in [5.41, 5.74) is 0.907. The predicted molar refractivity (Wildman–Crippen MR) is 87.2 cm³/mol. The average Bonchev–Trinajstić information content (AvgIpc) is 2.48. The van der Waals surface area contributed by atoms with Crippen molar-refractivity contribution in [3.63, 3.8) is 0 Å². The fourth-order valence-corrected chi connectivity index (χ4v) is 2.18. The summed E-state index contributed by atoms with van der Waals surface area (Å²) in [6.45, 7) is 0. The van der Waals surface area contributed by atoms with Crippen molar-refractivity contribution in [2.75, 3.05) is 0 Å². The van der Waals surface area contributed by atoms with Gasteiger partial charge in [0.15, 0.2) is 0 Å². The lowest BCUT2D eigenvalue weighted by molar-refractivity contribution is -0.128. The zero-order valence-electron chi connectivity index (χ0n) is 11.1. The summed E-state index contributed by atoms with van der Waals surface area (Å²) < 4.78 is 5.52. The van der Waals surface area contributed by atoms with Crippen LogP contribution in [0.4, 0.5) is 0 Å². The molecule has 4 nitrogen and oxygen atoms in total. The number of rotatable bonds is 4. The zero-order valence-corrected chi connectivity index (χ0v) is 13.5. The molecule has 0 aliphatic rings. The fourth-order valence-electron chi connectivity index (χ4n) is 1.60. The number of carbonyl (C=O) groups is 2. The lowest BCUT2D eigenvalue weighted by atomic mass is 10.2. The first-order valence-electron chi connectivity index (χ1n) is 6.14. The zero-order chi connectivity index (χ0) is 16.1. The molecule has 0 saturated heterocycles. The number of carboxylic acid groups (broad SMARTS) is 1. The molecule has 112 valence electrons. The number of aromatic carboxylic acids is 1. The monoisotopic (exact) mass is 380 g/mol. The van der Waals surface area contributed by atoms with Crippen LogP contribution in [-0.2, 0) is 4.79 Å². The maximum atomic E-state index is 11.8. The van der Waals surface area contributed by atoms with Gasteiger partial charge in [-0.15, -0.1) is 0 Å². The van der Waals surface area contributed by atoms with E-state index in [0.717, 1.165) is 5.56 Å². The number of carbonyl (C=O) groups excluding carboxylic acids is 1. The third kappa shape index (κ3) is 4.44. The number of carboxylic acids is 1. The highest BCUT2D eigenvalue weighted by atomic mass is 79.9. The van der Waals surface area contributed by atoms with E-state index in [0.29, 0.717) is 9.50 Å². The van der Waals surface area contributed by atoms with Crippen LogP contribution in [0.25, 0.3) is 6.08 Å². The summed E-state index contributed by atoms with van der Waals surface area (Å²) in [5, 5.41) is 9.48. The average molecular weight is 382 g/mol. The topological polar surface area (TPSA) is 63.6 Å². The second kappa shape index (κ2) is 7.24. The van der Waals surface area contributed by atoms with E-state index in [4.69, 9.17) is 21.4 Å². The molecule has 0 spiro atoms. The van der Waals surface area contributed by atoms with Crippen LogP contribution in [0.5, 0.6) is 5.75 Å². The van der Waals surface area contributed by atoms with Crippen molar-refractivity contribution in [2.24, 2.45) is 0 Å². The van der Waals surface area contributed by atoms with Crippen LogP contribution in [0.15, 0.2) is 53.0 Å². The van der Waals surface area contributed by atoms with Crippen LogP contribution < -0.4 is 4.74 Å². The summed E-state index contributed by atoms with van der Waals surface area (Å²) in [6.07, 6.45) is 2.87.